The van der Waals surface area contributed by atoms with Crippen LogP contribution < -0.4 is 5.32 Å². The van der Waals surface area contributed by atoms with E-state index in [4.69, 9.17) is 0 Å². The first kappa shape index (κ1) is 19.7. The van der Waals surface area contributed by atoms with Crippen molar-refractivity contribution in [3.63, 3.8) is 0 Å². The van der Waals surface area contributed by atoms with Crippen LogP contribution in [0.15, 0.2) is 35.4 Å². The first-order valence-electron chi connectivity index (χ1n) is 8.62. The first-order valence-corrected chi connectivity index (χ1v) is 10.9. The van der Waals surface area contributed by atoms with Gasteiger partial charge in [0, 0.05) is 35.6 Å². The molecule has 1 aromatic heterocycles. The van der Waals surface area contributed by atoms with Gasteiger partial charge in [0.05, 0.1) is 4.90 Å². The molecule has 1 fully saturated rings. The maximum absolute atomic E-state index is 12.8. The van der Waals surface area contributed by atoms with Crippen LogP contribution in [0.3, 0.4) is 0 Å². The van der Waals surface area contributed by atoms with Gasteiger partial charge in [0.1, 0.15) is 0 Å². The third-order valence-corrected chi connectivity index (χ3v) is 7.28. The molecule has 0 spiro atoms. The number of piperidine rings is 1. The molecule has 9 heteroatoms. The largest absolute Gasteiger partial charge is 0.302 e. The van der Waals surface area contributed by atoms with Crippen molar-refractivity contribution in [1.82, 2.24) is 9.29 Å². The Morgan fingerprint density at radius 2 is 1.96 bits per heavy atom. The third kappa shape index (κ3) is 4.42. The van der Waals surface area contributed by atoms with Crippen LogP contribution >= 0.6 is 11.3 Å². The topological polar surface area (TPSA) is 96.4 Å². The number of nitrogens with one attached hydrogen (secondary N) is 1. The highest BCUT2D eigenvalue weighted by Crippen LogP contribution is 2.26. The van der Waals surface area contributed by atoms with Crippen molar-refractivity contribution in [2.24, 2.45) is 5.92 Å². The number of nitrogens with zero attached hydrogens (tertiary/aromatic N) is 2. The van der Waals surface area contributed by atoms with Crippen LogP contribution in [0.5, 0.6) is 0 Å². The zero-order valence-electron chi connectivity index (χ0n) is 15.1. The summed E-state index contributed by atoms with van der Waals surface area (Å²) in [7, 11) is -3.68. The molecule has 144 valence electrons. The van der Waals surface area contributed by atoms with E-state index >= 15 is 0 Å². The standard InChI is InChI=1S/C18H21N3O4S2/c1-12-11-19-18(26-12)20-17(23)14-6-8-21(9-7-14)27(24,25)16-5-3-4-15(10-16)13(2)22/h3-5,10-11,14H,6-9H2,1-2H3,(H,19,20,23). The molecule has 1 N–H and O–H groups in total. The number of benzene rings is 1. The SMILES string of the molecule is CC(=O)c1cccc(S(=O)(=O)N2CCC(C(=O)Nc3ncc(C)s3)CC2)c1. The fraction of sp³-hybridized carbons (Fsp3) is 0.389. The number of aryl methyl sites for hydroxylation is 1. The Morgan fingerprint density at radius 1 is 1.26 bits per heavy atom. The predicted octanol–water partition coefficient (Wildman–Crippen LogP) is 2.69. The minimum Gasteiger partial charge on any atom is -0.302 e. The number of ketones is 1. The maximum atomic E-state index is 12.8. The van der Waals surface area contributed by atoms with E-state index in [1.165, 1.54) is 34.7 Å². The normalized spacial score (nSPS) is 16.2. The zero-order chi connectivity index (χ0) is 19.6. The molecule has 0 atom stereocenters. The van der Waals surface area contributed by atoms with Crippen molar-refractivity contribution in [3.8, 4) is 0 Å². The molecule has 1 aromatic carbocycles. The maximum Gasteiger partial charge on any atom is 0.243 e. The van der Waals surface area contributed by atoms with Crippen molar-refractivity contribution in [2.75, 3.05) is 18.4 Å². The molecule has 1 amide bonds. The Bertz CT molecular complexity index is 960. The Hall–Kier alpha value is -2.10. The van der Waals surface area contributed by atoms with Crippen LogP contribution in [0.25, 0.3) is 0 Å². The average Bonchev–Trinajstić information content (AvgIpc) is 3.06. The van der Waals surface area contributed by atoms with Crippen LogP contribution in [0.1, 0.15) is 35.0 Å². The quantitative estimate of drug-likeness (QED) is 0.769. The number of thiazole rings is 1. The lowest BCUT2D eigenvalue weighted by atomic mass is 9.97. The molecule has 27 heavy (non-hydrogen) atoms. The molecule has 0 radical (unpaired) electrons. The Balaban J connectivity index is 1.65. The summed E-state index contributed by atoms with van der Waals surface area (Å²) < 4.78 is 27.1. The Kier molecular flexibility index (Phi) is 5.73. The van der Waals surface area contributed by atoms with Gasteiger partial charge in [-0.3, -0.25) is 9.59 Å². The smallest absolute Gasteiger partial charge is 0.243 e. The first-order chi connectivity index (χ1) is 12.8. The van der Waals surface area contributed by atoms with Gasteiger partial charge in [0.25, 0.3) is 0 Å². The lowest BCUT2D eigenvalue weighted by molar-refractivity contribution is -0.120. The minimum atomic E-state index is -3.68. The van der Waals surface area contributed by atoms with Crippen molar-refractivity contribution in [1.29, 1.82) is 0 Å². The lowest BCUT2D eigenvalue weighted by Crippen LogP contribution is -2.41. The van der Waals surface area contributed by atoms with Gasteiger partial charge >= 0.3 is 0 Å². The molecule has 0 aliphatic carbocycles. The highest BCUT2D eigenvalue weighted by Gasteiger charge is 2.32. The number of anilines is 1. The summed E-state index contributed by atoms with van der Waals surface area (Å²) in [5.41, 5.74) is 0.365. The minimum absolute atomic E-state index is 0.108. The number of Topliss-reactive ketones (excluding diaryl/α,β-unsaturated/α-hetero) is 1. The number of rotatable bonds is 5. The van der Waals surface area contributed by atoms with Crippen LogP contribution in [-0.2, 0) is 14.8 Å². The van der Waals surface area contributed by atoms with Gasteiger partial charge in [-0.1, -0.05) is 12.1 Å². The molecule has 1 aliphatic heterocycles. The number of aromatic nitrogens is 1. The number of carbonyl (C=O) groups excluding carboxylic acids is 2. The molecule has 3 rings (SSSR count). The summed E-state index contributed by atoms with van der Waals surface area (Å²) in [5, 5.41) is 3.36. The van der Waals surface area contributed by atoms with Gasteiger partial charge in [-0.05, 0) is 38.8 Å². The van der Waals surface area contributed by atoms with E-state index in [-0.39, 0.29) is 35.6 Å². The van der Waals surface area contributed by atoms with Gasteiger partial charge in [0.15, 0.2) is 10.9 Å². The van der Waals surface area contributed by atoms with E-state index in [1.807, 2.05) is 6.92 Å². The average molecular weight is 408 g/mol. The van der Waals surface area contributed by atoms with E-state index in [9.17, 15) is 18.0 Å². The van der Waals surface area contributed by atoms with Gasteiger partial charge in [0.2, 0.25) is 15.9 Å². The van der Waals surface area contributed by atoms with Crippen LogP contribution in [0.4, 0.5) is 5.13 Å². The molecular weight excluding hydrogens is 386 g/mol. The second kappa shape index (κ2) is 7.87. The number of sulfonamides is 1. The lowest BCUT2D eigenvalue weighted by Gasteiger charge is -2.30. The van der Waals surface area contributed by atoms with Crippen molar-refractivity contribution >= 4 is 38.2 Å². The highest BCUT2D eigenvalue weighted by atomic mass is 32.2. The fourth-order valence-electron chi connectivity index (χ4n) is 3.00. The number of hydrogen-bond acceptors (Lipinski definition) is 6. The van der Waals surface area contributed by atoms with Crippen LogP contribution in [-0.4, -0.2) is 42.5 Å². The monoisotopic (exact) mass is 407 g/mol. The Labute approximate surface area is 162 Å². The second-order valence-electron chi connectivity index (χ2n) is 6.53. The molecule has 0 saturated carbocycles. The summed E-state index contributed by atoms with van der Waals surface area (Å²) in [6, 6.07) is 6.06. The van der Waals surface area contributed by atoms with Crippen molar-refractivity contribution in [3.05, 3.63) is 40.9 Å². The van der Waals surface area contributed by atoms with Crippen LogP contribution in [0.2, 0.25) is 0 Å². The fourth-order valence-corrected chi connectivity index (χ4v) is 5.19. The zero-order valence-corrected chi connectivity index (χ0v) is 16.8. The van der Waals surface area contributed by atoms with Gasteiger partial charge < -0.3 is 5.32 Å². The highest BCUT2D eigenvalue weighted by molar-refractivity contribution is 7.89. The van der Waals surface area contributed by atoms with Crippen LogP contribution in [0, 0.1) is 12.8 Å². The molecule has 1 saturated heterocycles. The van der Waals surface area contributed by atoms with E-state index in [0.717, 1.165) is 4.88 Å². The second-order valence-corrected chi connectivity index (χ2v) is 9.70. The summed E-state index contributed by atoms with van der Waals surface area (Å²) in [6.07, 6.45) is 2.59. The molecule has 7 nitrogen and oxygen atoms in total. The molecule has 0 bridgehead atoms. The molecule has 2 aromatic rings. The summed E-state index contributed by atoms with van der Waals surface area (Å²) in [6.45, 7) is 3.85. The summed E-state index contributed by atoms with van der Waals surface area (Å²) >= 11 is 1.41. The number of carbonyl (C=O) groups is 2. The molecule has 1 aliphatic rings. The van der Waals surface area contributed by atoms with E-state index in [0.29, 0.717) is 23.5 Å². The Morgan fingerprint density at radius 3 is 2.56 bits per heavy atom. The van der Waals surface area contributed by atoms with Crippen molar-refractivity contribution < 1.29 is 18.0 Å². The van der Waals surface area contributed by atoms with Crippen molar-refractivity contribution in [2.45, 2.75) is 31.6 Å². The summed E-state index contributed by atoms with van der Waals surface area (Å²) in [5.74, 6) is -0.552. The van der Waals surface area contributed by atoms with Gasteiger partial charge in [-0.2, -0.15) is 4.31 Å². The third-order valence-electron chi connectivity index (χ3n) is 4.55. The molecule has 2 heterocycles. The van der Waals surface area contributed by atoms with Gasteiger partial charge in [-0.15, -0.1) is 11.3 Å². The molecular formula is C18H21N3O4S2. The van der Waals surface area contributed by atoms with E-state index in [2.05, 4.69) is 10.3 Å². The number of amides is 1. The van der Waals surface area contributed by atoms with Gasteiger partial charge in [-0.25, -0.2) is 13.4 Å². The van der Waals surface area contributed by atoms with E-state index < -0.39 is 10.0 Å². The molecule has 0 unspecified atom stereocenters. The number of hydrogen-bond donors (Lipinski definition) is 1. The summed E-state index contributed by atoms with van der Waals surface area (Å²) in [4.78, 5) is 29.1. The van der Waals surface area contributed by atoms with E-state index in [1.54, 1.807) is 18.3 Å². The predicted molar refractivity (Wildman–Crippen MR) is 103 cm³/mol.